The summed E-state index contributed by atoms with van der Waals surface area (Å²) < 4.78 is 53.6. The Labute approximate surface area is 205 Å². The first-order chi connectivity index (χ1) is 16.6. The Morgan fingerprint density at radius 1 is 1.06 bits per heavy atom. The molecule has 0 aliphatic carbocycles. The summed E-state index contributed by atoms with van der Waals surface area (Å²) in [6.45, 7) is 4.33. The number of carbonyl (C=O) groups is 1. The molecule has 0 radical (unpaired) electrons. The summed E-state index contributed by atoms with van der Waals surface area (Å²) in [4.78, 5) is 14.9. The lowest BCUT2D eigenvalue weighted by Gasteiger charge is -2.38. The van der Waals surface area contributed by atoms with Crippen molar-refractivity contribution in [2.24, 2.45) is 5.10 Å². The average Bonchev–Trinajstić information content (AvgIpc) is 3.22. The largest absolute Gasteiger partial charge is 0.301 e. The zero-order chi connectivity index (χ0) is 25.2. The molecule has 0 N–H and O–H groups in total. The molecule has 0 saturated carbocycles. The highest BCUT2D eigenvalue weighted by molar-refractivity contribution is 7.88. The number of sulfonamides is 1. The number of hydrazone groups is 1. The Kier molecular flexibility index (Phi) is 7.35. The van der Waals surface area contributed by atoms with Crippen molar-refractivity contribution in [1.82, 2.24) is 14.2 Å². The Balaban J connectivity index is 1.56. The molecular formula is C25H30F2N4O3S. The molecule has 0 unspecified atom stereocenters. The molecule has 0 aromatic heterocycles. The third-order valence-corrected chi connectivity index (χ3v) is 8.10. The summed E-state index contributed by atoms with van der Waals surface area (Å²) in [6, 6.07) is 12.8. The fraction of sp³-hybridized carbons (Fsp3) is 0.440. The Bertz CT molecular complexity index is 1210. The molecule has 2 aliphatic heterocycles. The van der Waals surface area contributed by atoms with Crippen LogP contribution in [0.4, 0.5) is 8.78 Å². The highest BCUT2D eigenvalue weighted by atomic mass is 32.2. The molecule has 2 heterocycles. The number of benzene rings is 2. The molecule has 188 valence electrons. The summed E-state index contributed by atoms with van der Waals surface area (Å²) >= 11 is 0. The summed E-state index contributed by atoms with van der Waals surface area (Å²) in [5.41, 5.74) is 0.455. The van der Waals surface area contributed by atoms with E-state index in [0.717, 1.165) is 30.3 Å². The molecule has 1 atom stereocenters. The predicted molar refractivity (Wildman–Crippen MR) is 130 cm³/mol. The Morgan fingerprint density at radius 3 is 2.37 bits per heavy atom. The van der Waals surface area contributed by atoms with Crippen LogP contribution in [0.5, 0.6) is 0 Å². The van der Waals surface area contributed by atoms with Crippen molar-refractivity contribution in [1.29, 1.82) is 0 Å². The maximum atomic E-state index is 14.6. The van der Waals surface area contributed by atoms with Gasteiger partial charge in [0.15, 0.2) is 0 Å². The van der Waals surface area contributed by atoms with Crippen LogP contribution in [0.1, 0.15) is 37.3 Å². The predicted octanol–water partition coefficient (Wildman–Crippen LogP) is 3.17. The van der Waals surface area contributed by atoms with E-state index in [9.17, 15) is 22.0 Å². The average molecular weight is 505 g/mol. The van der Waals surface area contributed by atoms with Gasteiger partial charge in [0, 0.05) is 45.1 Å². The van der Waals surface area contributed by atoms with Gasteiger partial charge in [0.05, 0.1) is 17.5 Å². The number of nitrogens with zero attached hydrogens (tertiary/aromatic N) is 4. The van der Waals surface area contributed by atoms with Gasteiger partial charge in [-0.25, -0.2) is 22.2 Å². The number of hydrogen-bond acceptors (Lipinski definition) is 5. The van der Waals surface area contributed by atoms with Crippen LogP contribution in [0, 0.1) is 11.6 Å². The standard InChI is InChI=1S/C25H30F2N4O3S/c1-19(32)31-25(20-7-4-3-5-8-20,18-24(28-31)22-17-21(26)9-10-23(22)27)11-6-12-29-13-15-30(16-14-29)35(2,33)34/h3-5,7-10,17H,6,11-16,18H2,1-2H3/t25-/m1/s1. The van der Waals surface area contributed by atoms with E-state index in [1.165, 1.54) is 22.5 Å². The van der Waals surface area contributed by atoms with E-state index >= 15 is 0 Å². The van der Waals surface area contributed by atoms with Crippen molar-refractivity contribution in [3.05, 3.63) is 71.3 Å². The highest BCUT2D eigenvalue weighted by Crippen LogP contribution is 2.43. The van der Waals surface area contributed by atoms with Crippen molar-refractivity contribution >= 4 is 21.6 Å². The SMILES string of the molecule is CC(=O)N1N=C(c2cc(F)ccc2F)C[C@]1(CCCN1CCN(S(C)(=O)=O)CC1)c1ccccc1. The minimum Gasteiger partial charge on any atom is -0.301 e. The van der Waals surface area contributed by atoms with Crippen LogP contribution in [0.25, 0.3) is 0 Å². The second-order valence-corrected chi connectivity index (χ2v) is 11.2. The summed E-state index contributed by atoms with van der Waals surface area (Å²) in [5, 5.41) is 5.92. The van der Waals surface area contributed by atoms with E-state index in [1.54, 1.807) is 0 Å². The first-order valence-corrected chi connectivity index (χ1v) is 13.5. The normalized spacial score (nSPS) is 21.8. The smallest absolute Gasteiger partial charge is 0.240 e. The molecule has 1 amide bonds. The molecule has 0 bridgehead atoms. The van der Waals surface area contributed by atoms with E-state index in [4.69, 9.17) is 0 Å². The van der Waals surface area contributed by atoms with Gasteiger partial charge in [-0.2, -0.15) is 9.41 Å². The maximum absolute atomic E-state index is 14.6. The fourth-order valence-electron chi connectivity index (χ4n) is 5.03. The number of carbonyl (C=O) groups excluding carboxylic acids is 1. The highest BCUT2D eigenvalue weighted by Gasteiger charge is 2.46. The molecule has 2 aromatic rings. The van der Waals surface area contributed by atoms with Crippen LogP contribution in [-0.4, -0.2) is 73.2 Å². The fourth-order valence-corrected chi connectivity index (χ4v) is 5.86. The van der Waals surface area contributed by atoms with Crippen LogP contribution >= 0.6 is 0 Å². The molecule has 7 nitrogen and oxygen atoms in total. The minimum absolute atomic E-state index is 0.0611. The number of halogens is 2. The Morgan fingerprint density at radius 2 is 1.74 bits per heavy atom. The molecule has 0 spiro atoms. The molecular weight excluding hydrogens is 474 g/mol. The second-order valence-electron chi connectivity index (χ2n) is 9.18. The number of rotatable bonds is 7. The minimum atomic E-state index is -3.19. The summed E-state index contributed by atoms with van der Waals surface area (Å²) in [5.74, 6) is -1.42. The van der Waals surface area contributed by atoms with Crippen LogP contribution in [0.3, 0.4) is 0 Å². The lowest BCUT2D eigenvalue weighted by Crippen LogP contribution is -2.49. The van der Waals surface area contributed by atoms with E-state index in [1.807, 2.05) is 30.3 Å². The van der Waals surface area contributed by atoms with Crippen LogP contribution < -0.4 is 0 Å². The quantitative estimate of drug-likeness (QED) is 0.581. The molecule has 4 rings (SSSR count). The number of hydrogen-bond donors (Lipinski definition) is 0. The van der Waals surface area contributed by atoms with Crippen molar-refractivity contribution in [3.63, 3.8) is 0 Å². The van der Waals surface area contributed by atoms with Gasteiger partial charge < -0.3 is 4.90 Å². The van der Waals surface area contributed by atoms with Gasteiger partial charge in [-0.05, 0) is 43.1 Å². The van der Waals surface area contributed by atoms with Gasteiger partial charge in [-0.1, -0.05) is 30.3 Å². The van der Waals surface area contributed by atoms with Gasteiger partial charge in [0.25, 0.3) is 0 Å². The topological polar surface area (TPSA) is 73.3 Å². The monoisotopic (exact) mass is 504 g/mol. The van der Waals surface area contributed by atoms with Crippen LogP contribution in [-0.2, 0) is 20.4 Å². The van der Waals surface area contributed by atoms with E-state index in [-0.39, 0.29) is 17.9 Å². The Hall–Kier alpha value is -2.69. The lowest BCUT2D eigenvalue weighted by molar-refractivity contribution is -0.135. The van der Waals surface area contributed by atoms with Crippen molar-refractivity contribution in [2.75, 3.05) is 39.0 Å². The van der Waals surface area contributed by atoms with Gasteiger partial charge >= 0.3 is 0 Å². The first-order valence-electron chi connectivity index (χ1n) is 11.7. The summed E-state index contributed by atoms with van der Waals surface area (Å²) in [6.07, 6.45) is 2.76. The molecule has 10 heteroatoms. The van der Waals surface area contributed by atoms with E-state index in [0.29, 0.717) is 44.7 Å². The zero-order valence-corrected chi connectivity index (χ0v) is 20.8. The molecule has 1 saturated heterocycles. The molecule has 2 aromatic carbocycles. The van der Waals surface area contributed by atoms with Gasteiger partial charge in [0.1, 0.15) is 11.6 Å². The van der Waals surface area contributed by atoms with E-state index < -0.39 is 27.2 Å². The lowest BCUT2D eigenvalue weighted by atomic mass is 9.80. The number of piperazine rings is 1. The van der Waals surface area contributed by atoms with Crippen molar-refractivity contribution in [3.8, 4) is 0 Å². The number of amides is 1. The van der Waals surface area contributed by atoms with Crippen LogP contribution in [0.15, 0.2) is 53.6 Å². The molecule has 1 fully saturated rings. The van der Waals surface area contributed by atoms with Crippen LogP contribution in [0.2, 0.25) is 0 Å². The molecule has 2 aliphatic rings. The van der Waals surface area contributed by atoms with Gasteiger partial charge in [-0.15, -0.1) is 0 Å². The third kappa shape index (κ3) is 5.44. The second kappa shape index (κ2) is 10.1. The van der Waals surface area contributed by atoms with Crippen molar-refractivity contribution < 1.29 is 22.0 Å². The zero-order valence-electron chi connectivity index (χ0n) is 20.0. The van der Waals surface area contributed by atoms with Gasteiger partial charge in [-0.3, -0.25) is 4.79 Å². The molecule has 35 heavy (non-hydrogen) atoms. The maximum Gasteiger partial charge on any atom is 0.240 e. The third-order valence-electron chi connectivity index (χ3n) is 6.80. The van der Waals surface area contributed by atoms with Gasteiger partial charge in [0.2, 0.25) is 15.9 Å². The van der Waals surface area contributed by atoms with Crippen molar-refractivity contribution in [2.45, 2.75) is 31.7 Å². The van der Waals surface area contributed by atoms with E-state index in [2.05, 4.69) is 10.0 Å². The summed E-state index contributed by atoms with van der Waals surface area (Å²) in [7, 11) is -3.19. The first kappa shape index (κ1) is 25.4.